The molecule has 0 aliphatic carbocycles. The topological polar surface area (TPSA) is 26.0 Å². The number of nitrogens with two attached hydrogens (primary N) is 1. The van der Waals surface area contributed by atoms with E-state index < -0.39 is 0 Å². The maximum atomic E-state index is 5.82. The number of thiophene rings is 1. The molecule has 0 aliphatic rings. The van der Waals surface area contributed by atoms with E-state index in [0.717, 1.165) is 5.02 Å². The van der Waals surface area contributed by atoms with Gasteiger partial charge < -0.3 is 5.73 Å². The molecule has 0 unspecified atom stereocenters. The summed E-state index contributed by atoms with van der Waals surface area (Å²) in [5.74, 6) is 0. The van der Waals surface area contributed by atoms with Crippen molar-refractivity contribution < 1.29 is 0 Å². The van der Waals surface area contributed by atoms with Crippen LogP contribution in [0.5, 0.6) is 0 Å². The summed E-state index contributed by atoms with van der Waals surface area (Å²) in [5.41, 5.74) is 6.75. The van der Waals surface area contributed by atoms with Gasteiger partial charge in [0, 0.05) is 21.3 Å². The molecule has 0 bridgehead atoms. The molecule has 80 valence electrons. The molecule has 0 radical (unpaired) electrons. The number of rotatable bonds is 2. The van der Waals surface area contributed by atoms with Crippen LogP contribution in [0.4, 0.5) is 0 Å². The Balaban J connectivity index is 0.00000112. The number of halogens is 2. The van der Waals surface area contributed by atoms with Crippen molar-refractivity contribution in [2.75, 3.05) is 0 Å². The molecule has 2 aromatic rings. The largest absolute Gasteiger partial charge is 0.326 e. The zero-order valence-electron chi connectivity index (χ0n) is 7.94. The molecule has 4 heteroatoms. The van der Waals surface area contributed by atoms with Gasteiger partial charge in [0.05, 0.1) is 0 Å². The second-order valence-electron chi connectivity index (χ2n) is 2.98. The molecular weight excluding hydrogens is 249 g/mol. The second-order valence-corrected chi connectivity index (χ2v) is 4.58. The van der Waals surface area contributed by atoms with E-state index in [2.05, 4.69) is 12.1 Å². The minimum absolute atomic E-state index is 0. The van der Waals surface area contributed by atoms with Crippen LogP contribution in [-0.2, 0) is 6.54 Å². The second kappa shape index (κ2) is 5.52. The third-order valence-corrected chi connectivity index (χ3v) is 3.40. The van der Waals surface area contributed by atoms with Crippen LogP contribution in [0.25, 0.3) is 10.4 Å². The smallest absolute Gasteiger partial charge is 0.0406 e. The van der Waals surface area contributed by atoms with E-state index in [1.165, 1.54) is 15.3 Å². The highest BCUT2D eigenvalue weighted by Crippen LogP contribution is 2.28. The van der Waals surface area contributed by atoms with Crippen LogP contribution >= 0.6 is 35.3 Å². The first-order valence-corrected chi connectivity index (χ1v) is 5.54. The number of hydrogen-bond acceptors (Lipinski definition) is 2. The first-order chi connectivity index (χ1) is 6.79. The van der Waals surface area contributed by atoms with Gasteiger partial charge in [-0.15, -0.1) is 23.7 Å². The van der Waals surface area contributed by atoms with Gasteiger partial charge in [-0.1, -0.05) is 23.7 Å². The zero-order chi connectivity index (χ0) is 9.97. The molecule has 1 aromatic carbocycles. The van der Waals surface area contributed by atoms with Crippen LogP contribution in [0, 0.1) is 0 Å². The Bertz CT molecular complexity index is 422. The van der Waals surface area contributed by atoms with Crippen molar-refractivity contribution in [1.82, 2.24) is 0 Å². The molecule has 15 heavy (non-hydrogen) atoms. The third kappa shape index (κ3) is 2.95. The minimum Gasteiger partial charge on any atom is -0.326 e. The SMILES string of the molecule is Cl.NCc1ccc(-c2ccc(Cl)cc2)s1. The van der Waals surface area contributed by atoms with E-state index in [9.17, 15) is 0 Å². The van der Waals surface area contributed by atoms with Gasteiger partial charge >= 0.3 is 0 Å². The lowest BCUT2D eigenvalue weighted by atomic mass is 10.2. The predicted molar refractivity (Wildman–Crippen MR) is 69.9 cm³/mol. The number of hydrogen-bond donors (Lipinski definition) is 1. The van der Waals surface area contributed by atoms with E-state index in [4.69, 9.17) is 17.3 Å². The lowest BCUT2D eigenvalue weighted by Gasteiger charge is -1.96. The standard InChI is InChI=1S/C11H10ClNS.ClH/c12-9-3-1-8(2-4-9)11-6-5-10(7-13)14-11;/h1-6H,7,13H2;1H. The van der Waals surface area contributed by atoms with E-state index in [1.807, 2.05) is 24.3 Å². The fourth-order valence-electron chi connectivity index (χ4n) is 1.26. The molecule has 1 nitrogen and oxygen atoms in total. The molecule has 2 rings (SSSR count). The summed E-state index contributed by atoms with van der Waals surface area (Å²) in [6.07, 6.45) is 0. The summed E-state index contributed by atoms with van der Waals surface area (Å²) in [5, 5.41) is 0.768. The lowest BCUT2D eigenvalue weighted by Crippen LogP contribution is -1.90. The normalized spacial score (nSPS) is 9.73. The van der Waals surface area contributed by atoms with Gasteiger partial charge in [0.2, 0.25) is 0 Å². The Morgan fingerprint density at radius 1 is 1.07 bits per heavy atom. The van der Waals surface area contributed by atoms with Gasteiger partial charge in [0.15, 0.2) is 0 Å². The maximum absolute atomic E-state index is 5.82. The summed E-state index contributed by atoms with van der Waals surface area (Å²) in [4.78, 5) is 2.44. The summed E-state index contributed by atoms with van der Waals surface area (Å²) in [7, 11) is 0. The van der Waals surface area contributed by atoms with Crippen LogP contribution in [0.2, 0.25) is 5.02 Å². The van der Waals surface area contributed by atoms with Crippen molar-refractivity contribution >= 4 is 35.3 Å². The van der Waals surface area contributed by atoms with Crippen molar-refractivity contribution in [3.63, 3.8) is 0 Å². The van der Waals surface area contributed by atoms with Crippen molar-refractivity contribution in [2.45, 2.75) is 6.54 Å². The molecule has 0 spiro atoms. The van der Waals surface area contributed by atoms with Crippen LogP contribution in [0.15, 0.2) is 36.4 Å². The van der Waals surface area contributed by atoms with Crippen molar-refractivity contribution in [1.29, 1.82) is 0 Å². The van der Waals surface area contributed by atoms with Crippen LogP contribution < -0.4 is 5.73 Å². The van der Waals surface area contributed by atoms with E-state index >= 15 is 0 Å². The maximum Gasteiger partial charge on any atom is 0.0406 e. The molecule has 1 heterocycles. The Morgan fingerprint density at radius 3 is 2.27 bits per heavy atom. The first-order valence-electron chi connectivity index (χ1n) is 4.34. The monoisotopic (exact) mass is 259 g/mol. The summed E-state index contributed by atoms with van der Waals surface area (Å²) >= 11 is 7.54. The zero-order valence-corrected chi connectivity index (χ0v) is 10.3. The molecule has 2 N–H and O–H groups in total. The first kappa shape index (κ1) is 12.5. The Labute approximate surface area is 104 Å². The molecule has 0 atom stereocenters. The Hall–Kier alpha value is -0.540. The van der Waals surface area contributed by atoms with Gasteiger partial charge in [-0.2, -0.15) is 0 Å². The van der Waals surface area contributed by atoms with Crippen LogP contribution in [-0.4, -0.2) is 0 Å². The molecule has 0 amide bonds. The molecular formula is C11H11Cl2NS. The quantitative estimate of drug-likeness (QED) is 0.869. The Morgan fingerprint density at radius 2 is 1.73 bits per heavy atom. The lowest BCUT2D eigenvalue weighted by molar-refractivity contribution is 1.11. The molecule has 0 aliphatic heterocycles. The number of benzene rings is 1. The van der Waals surface area contributed by atoms with Gasteiger partial charge in [-0.3, -0.25) is 0 Å². The highest BCUT2D eigenvalue weighted by Gasteiger charge is 2.01. The fraction of sp³-hybridized carbons (Fsp3) is 0.0909. The summed E-state index contributed by atoms with van der Waals surface area (Å²) in [6.45, 7) is 0.609. The fourth-order valence-corrected chi connectivity index (χ4v) is 2.27. The van der Waals surface area contributed by atoms with Crippen LogP contribution in [0.1, 0.15) is 4.88 Å². The average molecular weight is 260 g/mol. The minimum atomic E-state index is 0. The van der Waals surface area contributed by atoms with Crippen molar-refractivity contribution in [3.05, 3.63) is 46.3 Å². The highest BCUT2D eigenvalue weighted by atomic mass is 35.5. The van der Waals surface area contributed by atoms with E-state index in [1.54, 1.807) is 11.3 Å². The van der Waals surface area contributed by atoms with Crippen LogP contribution in [0.3, 0.4) is 0 Å². The van der Waals surface area contributed by atoms with E-state index in [-0.39, 0.29) is 12.4 Å². The molecule has 0 fully saturated rings. The molecule has 1 aromatic heterocycles. The third-order valence-electron chi connectivity index (χ3n) is 1.99. The molecule has 0 saturated carbocycles. The van der Waals surface area contributed by atoms with Crippen molar-refractivity contribution in [3.8, 4) is 10.4 Å². The van der Waals surface area contributed by atoms with Gasteiger partial charge in [-0.05, 0) is 29.8 Å². The van der Waals surface area contributed by atoms with Gasteiger partial charge in [0.25, 0.3) is 0 Å². The average Bonchev–Trinajstić information content (AvgIpc) is 2.67. The molecule has 0 saturated heterocycles. The summed E-state index contributed by atoms with van der Waals surface area (Å²) < 4.78 is 0. The highest BCUT2D eigenvalue weighted by molar-refractivity contribution is 7.15. The van der Waals surface area contributed by atoms with E-state index in [0.29, 0.717) is 6.54 Å². The van der Waals surface area contributed by atoms with Gasteiger partial charge in [0.1, 0.15) is 0 Å². The Kier molecular flexibility index (Phi) is 4.61. The predicted octanol–water partition coefficient (Wildman–Crippen LogP) is 3.95. The van der Waals surface area contributed by atoms with Crippen molar-refractivity contribution in [2.24, 2.45) is 5.73 Å². The summed E-state index contributed by atoms with van der Waals surface area (Å²) in [6, 6.07) is 12.0. The van der Waals surface area contributed by atoms with Gasteiger partial charge in [-0.25, -0.2) is 0 Å².